The topological polar surface area (TPSA) is 156 Å². The van der Waals surface area contributed by atoms with Crippen LogP contribution in [0.3, 0.4) is 0 Å². The van der Waals surface area contributed by atoms with E-state index in [1.165, 1.54) is 24.5 Å². The molecule has 0 bridgehead atoms. The van der Waals surface area contributed by atoms with E-state index in [0.29, 0.717) is 17.1 Å². The molecule has 3 aromatic rings. The van der Waals surface area contributed by atoms with Gasteiger partial charge in [-0.3, -0.25) is 9.52 Å². The van der Waals surface area contributed by atoms with Crippen LogP contribution in [0.4, 0.5) is 20.3 Å². The molecule has 2 heterocycles. The molecule has 0 aliphatic heterocycles. The predicted molar refractivity (Wildman–Crippen MR) is 141 cm³/mol. The standard InChI is InChI=1S/C23H21F2N7O3S2/c1-3-8-37(34,35)32-17-7-5-14(24)19(20(17)25)21(33)13-10-27-22-18(13)23(29-11-28-22)30-12-4-6-16(31-36-2)15(26)9-12/h4-7,9-11,32H,3,8,26H2,1-2H3,(H,27,28,29). The van der Waals surface area contributed by atoms with Gasteiger partial charge in [0.2, 0.25) is 15.8 Å². The van der Waals surface area contributed by atoms with Crippen LogP contribution in [-0.4, -0.2) is 52.6 Å². The Morgan fingerprint density at radius 1 is 1.24 bits per heavy atom. The number of rotatable bonds is 8. The van der Waals surface area contributed by atoms with Crippen molar-refractivity contribution >= 4 is 61.7 Å². The summed E-state index contributed by atoms with van der Waals surface area (Å²) in [6, 6.07) is 1.74. The fraction of sp³-hybridized carbons (Fsp3) is 0.174. The second kappa shape index (κ2) is 10.6. The van der Waals surface area contributed by atoms with Crippen LogP contribution in [0, 0.1) is 11.6 Å². The zero-order valence-electron chi connectivity index (χ0n) is 19.6. The third-order valence-electron chi connectivity index (χ3n) is 5.19. The van der Waals surface area contributed by atoms with Crippen molar-refractivity contribution in [1.29, 1.82) is 0 Å². The molecule has 1 aliphatic carbocycles. The Hall–Kier alpha value is -3.91. The molecule has 10 nitrogen and oxygen atoms in total. The second-order valence-corrected chi connectivity index (χ2v) is 10.2. The third-order valence-corrected chi connectivity index (χ3v) is 7.04. The number of fused-ring (bicyclic) bond motifs is 1. The molecule has 0 radical (unpaired) electrons. The Morgan fingerprint density at radius 2 is 2.03 bits per heavy atom. The van der Waals surface area contributed by atoms with Crippen LogP contribution < -0.4 is 10.5 Å². The molecule has 0 saturated heterocycles. The summed E-state index contributed by atoms with van der Waals surface area (Å²) in [5, 5.41) is 0.125. The number of allylic oxidation sites excluding steroid dienone is 3. The number of aliphatic imine (C=N–C) groups is 1. The van der Waals surface area contributed by atoms with Crippen molar-refractivity contribution in [3.8, 4) is 0 Å². The lowest BCUT2D eigenvalue weighted by molar-refractivity contribution is 0.103. The molecule has 1 aliphatic rings. The number of aromatic nitrogens is 3. The second-order valence-electron chi connectivity index (χ2n) is 7.79. The highest BCUT2D eigenvalue weighted by Crippen LogP contribution is 2.31. The number of nitrogens with one attached hydrogen (secondary N) is 2. The number of ketones is 1. The number of carbonyl (C=O) groups is 1. The van der Waals surface area contributed by atoms with E-state index in [1.807, 2.05) is 0 Å². The molecule has 0 fully saturated rings. The molecular weight excluding hydrogens is 524 g/mol. The van der Waals surface area contributed by atoms with Crippen molar-refractivity contribution in [3.05, 3.63) is 71.3 Å². The lowest BCUT2D eigenvalue weighted by atomic mass is 10.0. The molecule has 37 heavy (non-hydrogen) atoms. The van der Waals surface area contributed by atoms with E-state index < -0.39 is 38.7 Å². The summed E-state index contributed by atoms with van der Waals surface area (Å²) in [4.78, 5) is 28.8. The molecule has 4 N–H and O–H groups in total. The quantitative estimate of drug-likeness (QED) is 0.221. The van der Waals surface area contributed by atoms with Crippen LogP contribution in [0.5, 0.6) is 0 Å². The molecule has 0 unspecified atom stereocenters. The summed E-state index contributed by atoms with van der Waals surface area (Å²) in [7, 11) is -3.89. The van der Waals surface area contributed by atoms with E-state index in [9.17, 15) is 17.6 Å². The van der Waals surface area contributed by atoms with Crippen LogP contribution in [0.25, 0.3) is 11.0 Å². The number of carbonyl (C=O) groups excluding carboxylic acids is 1. The summed E-state index contributed by atoms with van der Waals surface area (Å²) in [6.07, 6.45) is 9.43. The van der Waals surface area contributed by atoms with Gasteiger partial charge >= 0.3 is 0 Å². The first-order valence-electron chi connectivity index (χ1n) is 10.9. The minimum Gasteiger partial charge on any atom is -0.397 e. The maximum absolute atomic E-state index is 15.3. The van der Waals surface area contributed by atoms with Gasteiger partial charge in [-0.05, 0) is 48.7 Å². The number of H-pyrrole nitrogens is 1. The number of halogens is 2. The summed E-state index contributed by atoms with van der Waals surface area (Å²) in [5.74, 6) is -3.75. The molecule has 14 heteroatoms. The van der Waals surface area contributed by atoms with Gasteiger partial charge < -0.3 is 10.7 Å². The van der Waals surface area contributed by atoms with E-state index in [-0.39, 0.29) is 34.6 Å². The molecular formula is C23H21F2N7O3S2. The van der Waals surface area contributed by atoms with Gasteiger partial charge in [-0.25, -0.2) is 36.6 Å². The van der Waals surface area contributed by atoms with Crippen LogP contribution in [-0.2, 0) is 10.0 Å². The monoisotopic (exact) mass is 545 g/mol. The summed E-state index contributed by atoms with van der Waals surface area (Å²) >= 11 is 1.25. The molecule has 0 spiro atoms. The average molecular weight is 546 g/mol. The van der Waals surface area contributed by atoms with E-state index >= 15 is 4.39 Å². The minimum absolute atomic E-state index is 0.0594. The Balaban J connectivity index is 1.79. The van der Waals surface area contributed by atoms with Crippen molar-refractivity contribution in [2.45, 2.75) is 13.3 Å². The first-order valence-corrected chi connectivity index (χ1v) is 13.7. The number of nitrogens with two attached hydrogens (primary N) is 1. The largest absolute Gasteiger partial charge is 0.397 e. The Labute approximate surface area is 215 Å². The number of nitrogens with zero attached hydrogens (tertiary/aromatic N) is 4. The highest BCUT2D eigenvalue weighted by molar-refractivity contribution is 7.97. The average Bonchev–Trinajstić information content (AvgIpc) is 3.28. The number of hydrogen-bond acceptors (Lipinski definition) is 9. The first-order chi connectivity index (χ1) is 17.6. The summed E-state index contributed by atoms with van der Waals surface area (Å²) < 4.78 is 60.5. The van der Waals surface area contributed by atoms with Crippen molar-refractivity contribution in [3.63, 3.8) is 0 Å². The van der Waals surface area contributed by atoms with Crippen LogP contribution >= 0.6 is 11.9 Å². The minimum atomic E-state index is -3.89. The van der Waals surface area contributed by atoms with Crippen molar-refractivity contribution < 1.29 is 22.0 Å². The zero-order valence-corrected chi connectivity index (χ0v) is 21.3. The Bertz CT molecular complexity index is 1630. The third kappa shape index (κ3) is 5.44. The lowest BCUT2D eigenvalue weighted by Crippen LogP contribution is -2.18. The van der Waals surface area contributed by atoms with Gasteiger partial charge in [0.15, 0.2) is 11.6 Å². The van der Waals surface area contributed by atoms with Gasteiger partial charge in [0.25, 0.3) is 0 Å². The maximum atomic E-state index is 15.3. The van der Waals surface area contributed by atoms with E-state index in [1.54, 1.807) is 31.4 Å². The maximum Gasteiger partial charge on any atom is 0.232 e. The molecule has 2 aromatic heterocycles. The fourth-order valence-corrected chi connectivity index (χ4v) is 5.08. The number of sulfonamides is 1. The van der Waals surface area contributed by atoms with Crippen molar-refractivity contribution in [1.82, 2.24) is 15.0 Å². The van der Waals surface area contributed by atoms with Crippen LogP contribution in [0.2, 0.25) is 0 Å². The summed E-state index contributed by atoms with van der Waals surface area (Å²) in [6.45, 7) is 1.64. The van der Waals surface area contributed by atoms with Gasteiger partial charge in [0.05, 0.1) is 45.1 Å². The predicted octanol–water partition coefficient (Wildman–Crippen LogP) is 3.82. The first kappa shape index (κ1) is 26.2. The molecule has 1 aromatic carbocycles. The number of anilines is 1. The molecule has 4 rings (SSSR count). The molecule has 192 valence electrons. The van der Waals surface area contributed by atoms with Gasteiger partial charge in [-0.1, -0.05) is 6.92 Å². The lowest BCUT2D eigenvalue weighted by Gasteiger charge is -2.11. The smallest absolute Gasteiger partial charge is 0.232 e. The van der Waals surface area contributed by atoms with Gasteiger partial charge in [0.1, 0.15) is 17.8 Å². The Morgan fingerprint density at radius 3 is 2.73 bits per heavy atom. The van der Waals surface area contributed by atoms with Crippen LogP contribution in [0.15, 0.2) is 58.0 Å². The van der Waals surface area contributed by atoms with Crippen molar-refractivity contribution in [2.24, 2.45) is 15.1 Å². The summed E-state index contributed by atoms with van der Waals surface area (Å²) in [5.41, 5.74) is 5.96. The van der Waals surface area contributed by atoms with Crippen LogP contribution in [0.1, 0.15) is 29.3 Å². The van der Waals surface area contributed by atoms with Crippen molar-refractivity contribution in [2.75, 3.05) is 16.7 Å². The molecule has 0 atom stereocenters. The SMILES string of the molecule is CCCS(=O)(=O)Nc1ccc(F)c(C(=O)c2c[nH]c3ncnc(N=C4C=CC(=NSC)C(N)=C4)c23)c1F. The Kier molecular flexibility index (Phi) is 7.50. The van der Waals surface area contributed by atoms with E-state index in [4.69, 9.17) is 5.73 Å². The number of benzene rings is 1. The number of hydrogen-bond donors (Lipinski definition) is 3. The highest BCUT2D eigenvalue weighted by atomic mass is 32.2. The molecule has 0 amide bonds. The normalized spacial score (nSPS) is 15.9. The van der Waals surface area contributed by atoms with Gasteiger partial charge in [0, 0.05) is 12.5 Å². The molecule has 0 saturated carbocycles. The fourth-order valence-electron chi connectivity index (χ4n) is 3.59. The highest BCUT2D eigenvalue weighted by Gasteiger charge is 2.27. The number of aromatic amines is 1. The van der Waals surface area contributed by atoms with E-state index in [0.717, 1.165) is 12.1 Å². The van der Waals surface area contributed by atoms with E-state index in [2.05, 4.69) is 29.1 Å². The van der Waals surface area contributed by atoms with Gasteiger partial charge in [-0.2, -0.15) is 0 Å². The zero-order chi connectivity index (χ0) is 26.7. The van der Waals surface area contributed by atoms with Gasteiger partial charge in [-0.15, -0.1) is 0 Å².